The summed E-state index contributed by atoms with van der Waals surface area (Å²) >= 11 is 1.54. The number of thiophene rings is 1. The van der Waals surface area contributed by atoms with Crippen molar-refractivity contribution in [3.8, 4) is 0 Å². The number of hydrogen-bond donors (Lipinski definition) is 1. The van der Waals surface area contributed by atoms with Gasteiger partial charge in [0.2, 0.25) is 10.0 Å². The maximum atomic E-state index is 12.7. The fourth-order valence-electron chi connectivity index (χ4n) is 2.79. The molecular formula is C15H24N2O2S2. The van der Waals surface area contributed by atoms with Gasteiger partial charge in [-0.25, -0.2) is 8.42 Å². The minimum absolute atomic E-state index is 0.476. The van der Waals surface area contributed by atoms with E-state index in [4.69, 9.17) is 0 Å². The highest BCUT2D eigenvalue weighted by molar-refractivity contribution is 7.89. The molecule has 0 bridgehead atoms. The quantitative estimate of drug-likeness (QED) is 0.873. The molecule has 2 fully saturated rings. The summed E-state index contributed by atoms with van der Waals surface area (Å²) in [4.78, 5) is 1.59. The van der Waals surface area contributed by atoms with E-state index in [1.807, 2.05) is 6.07 Å². The third-order valence-corrected chi connectivity index (χ3v) is 7.47. The zero-order valence-corrected chi connectivity index (χ0v) is 14.3. The zero-order valence-electron chi connectivity index (χ0n) is 12.7. The Morgan fingerprint density at radius 2 is 2.14 bits per heavy atom. The number of sulfonamides is 1. The Labute approximate surface area is 131 Å². The van der Waals surface area contributed by atoms with Crippen LogP contribution in [0.3, 0.4) is 0 Å². The fourth-order valence-corrected chi connectivity index (χ4v) is 5.51. The SMILES string of the molecule is CC(C)C1CCN(S(=O)(=O)c2csc(CNC3CC3)c2)C1. The van der Waals surface area contributed by atoms with Crippen LogP contribution in [0, 0.1) is 11.8 Å². The van der Waals surface area contributed by atoms with Crippen LogP contribution < -0.4 is 5.32 Å². The number of nitrogens with zero attached hydrogens (tertiary/aromatic N) is 1. The molecule has 1 saturated carbocycles. The first-order chi connectivity index (χ1) is 9.96. The van der Waals surface area contributed by atoms with E-state index in [1.54, 1.807) is 21.0 Å². The number of hydrogen-bond acceptors (Lipinski definition) is 4. The summed E-state index contributed by atoms with van der Waals surface area (Å²) in [7, 11) is -3.29. The average Bonchev–Trinajstić information content (AvgIpc) is 2.96. The van der Waals surface area contributed by atoms with Crippen molar-refractivity contribution in [3.63, 3.8) is 0 Å². The van der Waals surface area contributed by atoms with E-state index in [-0.39, 0.29) is 0 Å². The van der Waals surface area contributed by atoms with Crippen LogP contribution in [-0.4, -0.2) is 31.9 Å². The highest BCUT2D eigenvalue weighted by Crippen LogP contribution is 2.30. The van der Waals surface area contributed by atoms with Gasteiger partial charge in [-0.05, 0) is 37.2 Å². The second kappa shape index (κ2) is 5.99. The Bertz CT molecular complexity index is 591. The van der Waals surface area contributed by atoms with Crippen LogP contribution in [0.1, 0.15) is 38.0 Å². The third-order valence-electron chi connectivity index (χ3n) is 4.54. The Morgan fingerprint density at radius 3 is 2.76 bits per heavy atom. The van der Waals surface area contributed by atoms with Gasteiger partial charge in [-0.2, -0.15) is 4.31 Å². The molecule has 1 saturated heterocycles. The fraction of sp³-hybridized carbons (Fsp3) is 0.733. The van der Waals surface area contributed by atoms with Gasteiger partial charge in [-0.15, -0.1) is 11.3 Å². The molecule has 1 unspecified atom stereocenters. The largest absolute Gasteiger partial charge is 0.309 e. The molecule has 6 heteroatoms. The summed E-state index contributed by atoms with van der Waals surface area (Å²) in [6.45, 7) is 6.47. The maximum Gasteiger partial charge on any atom is 0.243 e. The standard InChI is InChI=1S/C15H24N2O2S2/c1-11(2)12-5-6-17(9-12)21(18,19)15-7-14(20-10-15)8-16-13-3-4-13/h7,10-13,16H,3-6,8-9H2,1-2H3. The summed E-state index contributed by atoms with van der Waals surface area (Å²) in [6, 6.07) is 2.50. The average molecular weight is 329 g/mol. The van der Waals surface area contributed by atoms with E-state index in [0.717, 1.165) is 17.8 Å². The molecule has 1 atom stereocenters. The molecule has 1 N–H and O–H groups in total. The van der Waals surface area contributed by atoms with E-state index in [9.17, 15) is 8.42 Å². The van der Waals surface area contributed by atoms with Crippen LogP contribution in [0.2, 0.25) is 0 Å². The van der Waals surface area contributed by atoms with E-state index in [1.165, 1.54) is 12.8 Å². The molecule has 0 radical (unpaired) electrons. The van der Waals surface area contributed by atoms with Crippen LogP contribution in [0.5, 0.6) is 0 Å². The predicted molar refractivity (Wildman–Crippen MR) is 85.9 cm³/mol. The van der Waals surface area contributed by atoms with Gasteiger partial charge in [-0.3, -0.25) is 0 Å². The molecule has 4 nitrogen and oxygen atoms in total. The minimum Gasteiger partial charge on any atom is -0.309 e. The van der Waals surface area contributed by atoms with E-state index < -0.39 is 10.0 Å². The summed E-state index contributed by atoms with van der Waals surface area (Å²) in [5, 5.41) is 5.22. The first-order valence-corrected chi connectivity index (χ1v) is 10.1. The lowest BCUT2D eigenvalue weighted by atomic mass is 9.96. The molecule has 0 spiro atoms. The highest BCUT2D eigenvalue weighted by Gasteiger charge is 2.34. The normalized spacial score (nSPS) is 24.0. The van der Waals surface area contributed by atoms with Gasteiger partial charge in [0.25, 0.3) is 0 Å². The lowest BCUT2D eigenvalue weighted by Gasteiger charge is -2.17. The molecule has 1 aromatic rings. The van der Waals surface area contributed by atoms with Crippen LogP contribution in [0.4, 0.5) is 0 Å². The first-order valence-electron chi connectivity index (χ1n) is 7.78. The van der Waals surface area contributed by atoms with Gasteiger partial charge in [0.15, 0.2) is 0 Å². The smallest absolute Gasteiger partial charge is 0.243 e. The summed E-state index contributed by atoms with van der Waals surface area (Å²) in [5.41, 5.74) is 0. The van der Waals surface area contributed by atoms with Crippen molar-refractivity contribution < 1.29 is 8.42 Å². The van der Waals surface area contributed by atoms with Gasteiger partial charge >= 0.3 is 0 Å². The maximum absolute atomic E-state index is 12.7. The van der Waals surface area contributed by atoms with Gasteiger partial charge in [-0.1, -0.05) is 13.8 Å². The Morgan fingerprint density at radius 1 is 1.38 bits per heavy atom. The molecule has 118 valence electrons. The number of nitrogens with one attached hydrogen (secondary N) is 1. The van der Waals surface area contributed by atoms with Gasteiger partial charge < -0.3 is 5.32 Å². The Kier molecular flexibility index (Phi) is 4.41. The van der Waals surface area contributed by atoms with E-state index >= 15 is 0 Å². The van der Waals surface area contributed by atoms with Gasteiger partial charge in [0.05, 0.1) is 4.90 Å². The van der Waals surface area contributed by atoms with Gasteiger partial charge in [0, 0.05) is 35.9 Å². The minimum atomic E-state index is -3.29. The molecule has 2 aliphatic rings. The van der Waals surface area contributed by atoms with Crippen molar-refractivity contribution >= 4 is 21.4 Å². The van der Waals surface area contributed by atoms with E-state index in [2.05, 4.69) is 19.2 Å². The second-order valence-corrected chi connectivity index (χ2v) is 9.49. The van der Waals surface area contributed by atoms with Crippen molar-refractivity contribution in [1.29, 1.82) is 0 Å². The van der Waals surface area contributed by atoms with Gasteiger partial charge in [0.1, 0.15) is 0 Å². The van der Waals surface area contributed by atoms with Crippen LogP contribution in [0.25, 0.3) is 0 Å². The van der Waals surface area contributed by atoms with Crippen molar-refractivity contribution in [2.24, 2.45) is 11.8 Å². The molecule has 2 heterocycles. The molecule has 1 aliphatic heterocycles. The lowest BCUT2D eigenvalue weighted by molar-refractivity contribution is 0.388. The first kappa shape index (κ1) is 15.5. The number of rotatable bonds is 6. The summed E-state index contributed by atoms with van der Waals surface area (Å²) in [6.07, 6.45) is 3.49. The Balaban J connectivity index is 1.66. The molecule has 1 aliphatic carbocycles. The topological polar surface area (TPSA) is 49.4 Å². The monoisotopic (exact) mass is 328 g/mol. The Hall–Kier alpha value is -0.430. The molecular weight excluding hydrogens is 304 g/mol. The van der Waals surface area contributed by atoms with E-state index in [0.29, 0.717) is 35.9 Å². The van der Waals surface area contributed by atoms with Crippen molar-refractivity contribution in [2.75, 3.05) is 13.1 Å². The van der Waals surface area contributed by atoms with Crippen molar-refractivity contribution in [3.05, 3.63) is 16.3 Å². The molecule has 21 heavy (non-hydrogen) atoms. The molecule has 0 amide bonds. The molecule has 1 aromatic heterocycles. The predicted octanol–water partition coefficient (Wildman–Crippen LogP) is 2.67. The summed E-state index contributed by atoms with van der Waals surface area (Å²) in [5.74, 6) is 1.04. The zero-order chi connectivity index (χ0) is 15.0. The van der Waals surface area contributed by atoms with Crippen LogP contribution in [0.15, 0.2) is 16.3 Å². The molecule has 3 rings (SSSR count). The molecule has 0 aromatic carbocycles. The second-order valence-electron chi connectivity index (χ2n) is 6.56. The van der Waals surface area contributed by atoms with Crippen LogP contribution >= 0.6 is 11.3 Å². The third kappa shape index (κ3) is 3.50. The van der Waals surface area contributed by atoms with Crippen molar-refractivity contribution in [1.82, 2.24) is 9.62 Å². The summed E-state index contributed by atoms with van der Waals surface area (Å²) < 4.78 is 27.0. The highest BCUT2D eigenvalue weighted by atomic mass is 32.2. The van der Waals surface area contributed by atoms with Crippen molar-refractivity contribution in [2.45, 2.75) is 50.6 Å². The van der Waals surface area contributed by atoms with Crippen LogP contribution in [-0.2, 0) is 16.6 Å². The lowest BCUT2D eigenvalue weighted by Crippen LogP contribution is -2.29.